The molecule has 0 aromatic carbocycles. The Labute approximate surface area is 110 Å². The third-order valence-corrected chi connectivity index (χ3v) is 5.79. The Hall–Kier alpha value is 0. The summed E-state index contributed by atoms with van der Waals surface area (Å²) in [6.45, 7) is 17.0. The van der Waals surface area contributed by atoms with Crippen LogP contribution in [0.15, 0.2) is 0 Å². The minimum Gasteiger partial charge on any atom is -0.0654 e. The summed E-state index contributed by atoms with van der Waals surface area (Å²) in [7, 11) is 0. The number of rotatable bonds is 7. The predicted octanol–water partition coefficient (Wildman–Crippen LogP) is 5.91. The average Bonchev–Trinajstić information content (AvgIpc) is 2.75. The molecule has 0 bridgehead atoms. The van der Waals surface area contributed by atoms with Gasteiger partial charge in [0.2, 0.25) is 0 Å². The van der Waals surface area contributed by atoms with Crippen LogP contribution >= 0.6 is 0 Å². The molecule has 0 spiro atoms. The molecule has 1 saturated carbocycles. The van der Waals surface area contributed by atoms with Gasteiger partial charge in [0.25, 0.3) is 0 Å². The second-order valence-electron chi connectivity index (χ2n) is 7.24. The summed E-state index contributed by atoms with van der Waals surface area (Å²) in [5.41, 5.74) is 1.29. The zero-order valence-electron chi connectivity index (χ0n) is 13.3. The van der Waals surface area contributed by atoms with Crippen LogP contribution in [0.2, 0.25) is 0 Å². The molecule has 1 aliphatic carbocycles. The summed E-state index contributed by atoms with van der Waals surface area (Å²) >= 11 is 0. The molecule has 0 heterocycles. The first kappa shape index (κ1) is 15.1. The molecule has 0 nitrogen and oxygen atoms in total. The largest absolute Gasteiger partial charge is 0.0654 e. The van der Waals surface area contributed by atoms with Crippen molar-refractivity contribution in [1.82, 2.24) is 0 Å². The molecule has 0 aliphatic heterocycles. The fourth-order valence-electron chi connectivity index (χ4n) is 5.02. The molecule has 1 aliphatic rings. The lowest BCUT2D eigenvalue weighted by Gasteiger charge is -2.25. The molecule has 0 saturated heterocycles. The van der Waals surface area contributed by atoms with Crippen LogP contribution < -0.4 is 0 Å². The fourth-order valence-corrected chi connectivity index (χ4v) is 5.02. The van der Waals surface area contributed by atoms with Crippen molar-refractivity contribution in [2.75, 3.05) is 0 Å². The molecule has 0 N–H and O–H groups in total. The van der Waals surface area contributed by atoms with E-state index in [0.29, 0.717) is 10.8 Å². The lowest BCUT2D eigenvalue weighted by Crippen LogP contribution is -2.17. The van der Waals surface area contributed by atoms with Gasteiger partial charge in [0.15, 0.2) is 0 Å². The van der Waals surface area contributed by atoms with Crippen molar-refractivity contribution in [3.05, 3.63) is 0 Å². The van der Waals surface area contributed by atoms with Crippen molar-refractivity contribution in [3.63, 3.8) is 0 Å². The Morgan fingerprint density at radius 3 is 2.00 bits per heavy atom. The van der Waals surface area contributed by atoms with E-state index in [0.717, 1.165) is 17.8 Å². The van der Waals surface area contributed by atoms with Gasteiger partial charge >= 0.3 is 0 Å². The zero-order valence-corrected chi connectivity index (χ0v) is 13.3. The van der Waals surface area contributed by atoms with Crippen LogP contribution in [0.1, 0.15) is 80.6 Å². The van der Waals surface area contributed by atoms with E-state index in [1.165, 1.54) is 32.1 Å². The van der Waals surface area contributed by atoms with Gasteiger partial charge in [-0.05, 0) is 47.8 Å². The molecule has 0 aromatic heterocycles. The van der Waals surface area contributed by atoms with Crippen LogP contribution in [0.4, 0.5) is 0 Å². The monoisotopic (exact) mass is 238 g/mol. The van der Waals surface area contributed by atoms with Gasteiger partial charge in [-0.2, -0.15) is 0 Å². The minimum absolute atomic E-state index is 0.638. The van der Waals surface area contributed by atoms with Gasteiger partial charge < -0.3 is 0 Å². The predicted molar refractivity (Wildman–Crippen MR) is 78.1 cm³/mol. The molecule has 0 radical (unpaired) electrons. The van der Waals surface area contributed by atoms with Gasteiger partial charge in [-0.15, -0.1) is 0 Å². The summed E-state index contributed by atoms with van der Waals surface area (Å²) in [6.07, 6.45) is 7.04. The van der Waals surface area contributed by atoms with E-state index >= 15 is 0 Å². The van der Waals surface area contributed by atoms with Crippen molar-refractivity contribution >= 4 is 0 Å². The lowest BCUT2D eigenvalue weighted by atomic mass is 9.80. The first-order valence-corrected chi connectivity index (χ1v) is 7.86. The van der Waals surface area contributed by atoms with Crippen LogP contribution in [-0.4, -0.2) is 0 Å². The van der Waals surface area contributed by atoms with E-state index in [-0.39, 0.29) is 0 Å². The van der Waals surface area contributed by atoms with Gasteiger partial charge in [-0.1, -0.05) is 61.3 Å². The summed E-state index contributed by atoms with van der Waals surface area (Å²) in [4.78, 5) is 0. The maximum atomic E-state index is 2.57. The second-order valence-corrected chi connectivity index (χ2v) is 7.24. The van der Waals surface area contributed by atoms with Crippen LogP contribution in [0.25, 0.3) is 0 Å². The molecule has 1 fully saturated rings. The van der Waals surface area contributed by atoms with E-state index in [9.17, 15) is 0 Å². The minimum atomic E-state index is 0.638. The molecule has 3 atom stereocenters. The standard InChI is InChI=1S/C17H34/c1-8-12-16(7)15(11-10-13(3)4)17(16,9-2)14(5)6/h13-15H,8-12H2,1-7H3. The molecular weight excluding hydrogens is 204 g/mol. The van der Waals surface area contributed by atoms with Crippen molar-refractivity contribution in [2.24, 2.45) is 28.6 Å². The first-order valence-electron chi connectivity index (χ1n) is 7.86. The van der Waals surface area contributed by atoms with Gasteiger partial charge in [-0.25, -0.2) is 0 Å². The topological polar surface area (TPSA) is 0 Å². The maximum absolute atomic E-state index is 2.57. The zero-order chi connectivity index (χ0) is 13.3. The molecule has 0 heteroatoms. The quantitative estimate of drug-likeness (QED) is 0.517. The highest BCUT2D eigenvalue weighted by Crippen LogP contribution is 2.77. The molecule has 3 unspecified atom stereocenters. The van der Waals surface area contributed by atoms with Crippen molar-refractivity contribution in [1.29, 1.82) is 0 Å². The van der Waals surface area contributed by atoms with Crippen LogP contribution in [0.3, 0.4) is 0 Å². The van der Waals surface area contributed by atoms with Gasteiger partial charge in [0, 0.05) is 0 Å². The number of hydrogen-bond donors (Lipinski definition) is 0. The molecule has 0 amide bonds. The van der Waals surface area contributed by atoms with Gasteiger partial charge in [0.05, 0.1) is 0 Å². The third-order valence-electron chi connectivity index (χ3n) is 5.79. The highest BCUT2D eigenvalue weighted by atomic mass is 14.7. The Bertz CT molecular complexity index is 240. The van der Waals surface area contributed by atoms with Gasteiger partial charge in [-0.3, -0.25) is 0 Å². The summed E-state index contributed by atoms with van der Waals surface area (Å²) in [5, 5.41) is 0. The summed E-state index contributed by atoms with van der Waals surface area (Å²) in [5.74, 6) is 2.70. The molecule has 17 heavy (non-hydrogen) atoms. The maximum Gasteiger partial charge on any atom is -0.0187 e. The molecular formula is C17H34. The van der Waals surface area contributed by atoms with E-state index in [1.54, 1.807) is 0 Å². The first-order chi connectivity index (χ1) is 7.86. The SMILES string of the molecule is CCCC1(C)C(CCC(C)C)C1(CC)C(C)C. The average molecular weight is 238 g/mol. The molecule has 0 aromatic rings. The van der Waals surface area contributed by atoms with E-state index in [1.807, 2.05) is 0 Å². The summed E-state index contributed by atoms with van der Waals surface area (Å²) in [6, 6.07) is 0. The number of hydrogen-bond acceptors (Lipinski definition) is 0. The Morgan fingerprint density at radius 2 is 1.65 bits per heavy atom. The van der Waals surface area contributed by atoms with Crippen molar-refractivity contribution < 1.29 is 0 Å². The lowest BCUT2D eigenvalue weighted by molar-refractivity contribution is 0.239. The Morgan fingerprint density at radius 1 is 1.06 bits per heavy atom. The van der Waals surface area contributed by atoms with E-state index < -0.39 is 0 Å². The van der Waals surface area contributed by atoms with Crippen LogP contribution in [0, 0.1) is 28.6 Å². The normalized spacial score (nSPS) is 36.9. The summed E-state index contributed by atoms with van der Waals surface area (Å²) < 4.78 is 0. The van der Waals surface area contributed by atoms with Gasteiger partial charge in [0.1, 0.15) is 0 Å². The second kappa shape index (κ2) is 5.33. The van der Waals surface area contributed by atoms with Crippen LogP contribution in [-0.2, 0) is 0 Å². The van der Waals surface area contributed by atoms with E-state index in [4.69, 9.17) is 0 Å². The fraction of sp³-hybridized carbons (Fsp3) is 1.00. The molecule has 1 rings (SSSR count). The molecule has 102 valence electrons. The third kappa shape index (κ3) is 2.29. The Balaban J connectivity index is 2.80. The Kier molecular flexibility index (Phi) is 4.72. The smallest absolute Gasteiger partial charge is 0.0187 e. The highest BCUT2D eigenvalue weighted by Gasteiger charge is 2.71. The van der Waals surface area contributed by atoms with Crippen molar-refractivity contribution in [3.8, 4) is 0 Å². The highest BCUT2D eigenvalue weighted by molar-refractivity contribution is 5.19. The van der Waals surface area contributed by atoms with E-state index in [2.05, 4.69) is 48.5 Å². The van der Waals surface area contributed by atoms with Crippen LogP contribution in [0.5, 0.6) is 0 Å². The van der Waals surface area contributed by atoms with Crippen molar-refractivity contribution in [2.45, 2.75) is 80.6 Å².